The van der Waals surface area contributed by atoms with Gasteiger partial charge in [0.15, 0.2) is 5.78 Å². The second-order valence-electron chi connectivity index (χ2n) is 4.69. The van der Waals surface area contributed by atoms with Gasteiger partial charge in [0.2, 0.25) is 0 Å². The van der Waals surface area contributed by atoms with E-state index in [9.17, 15) is 4.79 Å². The molecule has 0 radical (unpaired) electrons. The molecule has 4 atom stereocenters. The van der Waals surface area contributed by atoms with Crippen molar-refractivity contribution in [1.29, 1.82) is 0 Å². The highest BCUT2D eigenvalue weighted by atomic mass is 16.1. The molecule has 1 spiro atoms. The summed E-state index contributed by atoms with van der Waals surface area (Å²) in [5.41, 5.74) is -0.0145. The van der Waals surface area contributed by atoms with Gasteiger partial charge >= 0.3 is 0 Å². The first-order chi connectivity index (χ1) is 6.25. The van der Waals surface area contributed by atoms with E-state index < -0.39 is 0 Å². The van der Waals surface area contributed by atoms with Crippen molar-refractivity contribution in [3.05, 3.63) is 24.3 Å². The van der Waals surface area contributed by atoms with Gasteiger partial charge in [0, 0.05) is 5.41 Å². The van der Waals surface area contributed by atoms with Crippen LogP contribution in [0.4, 0.5) is 0 Å². The Kier molecular flexibility index (Phi) is 1.24. The summed E-state index contributed by atoms with van der Waals surface area (Å²) < 4.78 is 0. The number of hydrogen-bond donors (Lipinski definition) is 0. The zero-order chi connectivity index (χ0) is 9.05. The highest BCUT2D eigenvalue weighted by Crippen LogP contribution is 2.60. The molecule has 2 unspecified atom stereocenters. The molecule has 1 heteroatoms. The summed E-state index contributed by atoms with van der Waals surface area (Å²) in [5, 5.41) is 0. The second kappa shape index (κ2) is 2.14. The van der Waals surface area contributed by atoms with E-state index in [1.807, 2.05) is 0 Å². The molecule has 0 aromatic heterocycles. The van der Waals surface area contributed by atoms with Crippen LogP contribution < -0.4 is 0 Å². The summed E-state index contributed by atoms with van der Waals surface area (Å²) in [5.74, 6) is 2.16. The number of rotatable bonds is 0. The molecule has 1 nitrogen and oxygen atoms in total. The third-order valence-corrected chi connectivity index (χ3v) is 4.42. The Hall–Kier alpha value is -0.850. The number of carbonyl (C=O) groups is 1. The van der Waals surface area contributed by atoms with Crippen LogP contribution in [0.5, 0.6) is 0 Å². The van der Waals surface area contributed by atoms with Gasteiger partial charge in [-0.15, -0.1) is 0 Å². The topological polar surface area (TPSA) is 17.1 Å². The van der Waals surface area contributed by atoms with Crippen LogP contribution in [-0.4, -0.2) is 5.78 Å². The quantitative estimate of drug-likeness (QED) is 0.515. The van der Waals surface area contributed by atoms with Crippen molar-refractivity contribution >= 4 is 5.78 Å². The lowest BCUT2D eigenvalue weighted by Gasteiger charge is -2.35. The molecular formula is C12H14O. The molecule has 0 heterocycles. The van der Waals surface area contributed by atoms with Crippen LogP contribution in [0, 0.1) is 23.2 Å². The standard InChI is InChI=1S/C12H14O/c1-8-9-4-5-10(7-9)12(8)6-2-3-11(12)13/h2-5,8-10H,6-7H2,1H3/t8?,9-,10+,12?/m0/s1. The first-order valence-corrected chi connectivity index (χ1v) is 5.14. The first kappa shape index (κ1) is 7.54. The van der Waals surface area contributed by atoms with E-state index >= 15 is 0 Å². The monoisotopic (exact) mass is 174 g/mol. The maximum Gasteiger partial charge on any atom is 0.162 e. The summed E-state index contributed by atoms with van der Waals surface area (Å²) in [4.78, 5) is 11.9. The van der Waals surface area contributed by atoms with Gasteiger partial charge in [0.1, 0.15) is 0 Å². The molecule has 0 aromatic rings. The van der Waals surface area contributed by atoms with Crippen LogP contribution in [0.1, 0.15) is 19.8 Å². The molecule has 2 bridgehead atoms. The minimum Gasteiger partial charge on any atom is -0.294 e. The fourth-order valence-electron chi connectivity index (χ4n) is 3.56. The van der Waals surface area contributed by atoms with E-state index in [2.05, 4.69) is 25.2 Å². The van der Waals surface area contributed by atoms with Gasteiger partial charge in [-0.2, -0.15) is 0 Å². The van der Waals surface area contributed by atoms with Gasteiger partial charge in [-0.25, -0.2) is 0 Å². The van der Waals surface area contributed by atoms with Crippen molar-refractivity contribution in [2.75, 3.05) is 0 Å². The van der Waals surface area contributed by atoms with Crippen molar-refractivity contribution in [3.8, 4) is 0 Å². The average molecular weight is 174 g/mol. The van der Waals surface area contributed by atoms with Gasteiger partial charge in [-0.05, 0) is 36.7 Å². The smallest absolute Gasteiger partial charge is 0.162 e. The van der Waals surface area contributed by atoms with Crippen molar-refractivity contribution in [3.63, 3.8) is 0 Å². The third-order valence-electron chi connectivity index (χ3n) is 4.42. The highest BCUT2D eigenvalue weighted by Gasteiger charge is 2.57. The fourth-order valence-corrected chi connectivity index (χ4v) is 3.56. The summed E-state index contributed by atoms with van der Waals surface area (Å²) >= 11 is 0. The van der Waals surface area contributed by atoms with Crippen LogP contribution in [0.3, 0.4) is 0 Å². The lowest BCUT2D eigenvalue weighted by atomic mass is 9.67. The Labute approximate surface area is 78.5 Å². The largest absolute Gasteiger partial charge is 0.294 e. The van der Waals surface area contributed by atoms with Crippen LogP contribution >= 0.6 is 0 Å². The molecule has 13 heavy (non-hydrogen) atoms. The van der Waals surface area contributed by atoms with E-state index in [0.29, 0.717) is 23.5 Å². The van der Waals surface area contributed by atoms with Gasteiger partial charge in [0.05, 0.1) is 0 Å². The molecule has 1 fully saturated rings. The summed E-state index contributed by atoms with van der Waals surface area (Å²) in [7, 11) is 0. The summed E-state index contributed by atoms with van der Waals surface area (Å²) in [6.07, 6.45) is 10.6. The van der Waals surface area contributed by atoms with E-state index in [1.165, 1.54) is 6.42 Å². The molecule has 0 aliphatic heterocycles. The van der Waals surface area contributed by atoms with Gasteiger partial charge < -0.3 is 0 Å². The minimum absolute atomic E-state index is 0.0145. The molecule has 0 saturated heterocycles. The SMILES string of the molecule is CC1[C@H]2C=C[C@H](C2)C12CC=CC2=O. The van der Waals surface area contributed by atoms with E-state index in [1.54, 1.807) is 6.08 Å². The summed E-state index contributed by atoms with van der Waals surface area (Å²) in [6.45, 7) is 2.25. The highest BCUT2D eigenvalue weighted by molar-refractivity contribution is 5.98. The number of allylic oxidation sites excluding steroid dienone is 4. The van der Waals surface area contributed by atoms with Crippen molar-refractivity contribution in [1.82, 2.24) is 0 Å². The maximum absolute atomic E-state index is 11.9. The first-order valence-electron chi connectivity index (χ1n) is 5.14. The van der Waals surface area contributed by atoms with Crippen LogP contribution in [-0.2, 0) is 4.79 Å². The second-order valence-corrected chi connectivity index (χ2v) is 4.69. The number of hydrogen-bond acceptors (Lipinski definition) is 1. The molecule has 3 aliphatic carbocycles. The molecule has 3 rings (SSSR count). The van der Waals surface area contributed by atoms with Gasteiger partial charge in [-0.1, -0.05) is 25.2 Å². The number of carbonyl (C=O) groups excluding carboxylic acids is 1. The molecule has 0 aromatic carbocycles. The maximum atomic E-state index is 11.9. The Morgan fingerprint density at radius 3 is 2.85 bits per heavy atom. The molecule has 3 aliphatic rings. The van der Waals surface area contributed by atoms with Crippen LogP contribution in [0.2, 0.25) is 0 Å². The third kappa shape index (κ3) is 0.676. The van der Waals surface area contributed by atoms with Crippen molar-refractivity contribution in [2.45, 2.75) is 19.8 Å². The molecular weight excluding hydrogens is 160 g/mol. The van der Waals surface area contributed by atoms with Gasteiger partial charge in [-0.3, -0.25) is 4.79 Å². The zero-order valence-electron chi connectivity index (χ0n) is 7.86. The molecule has 68 valence electrons. The van der Waals surface area contributed by atoms with Gasteiger partial charge in [0.25, 0.3) is 0 Å². The number of fused-ring (bicyclic) bond motifs is 3. The fraction of sp³-hybridized carbons (Fsp3) is 0.583. The lowest BCUT2D eigenvalue weighted by Crippen LogP contribution is -2.37. The predicted molar refractivity (Wildman–Crippen MR) is 51.1 cm³/mol. The van der Waals surface area contributed by atoms with E-state index in [4.69, 9.17) is 0 Å². The molecule has 1 saturated carbocycles. The van der Waals surface area contributed by atoms with Crippen molar-refractivity contribution in [2.24, 2.45) is 23.2 Å². The predicted octanol–water partition coefficient (Wildman–Crippen LogP) is 2.34. The minimum atomic E-state index is -0.0145. The van der Waals surface area contributed by atoms with Crippen LogP contribution in [0.15, 0.2) is 24.3 Å². The summed E-state index contributed by atoms with van der Waals surface area (Å²) in [6, 6.07) is 0. The zero-order valence-corrected chi connectivity index (χ0v) is 7.86. The Balaban J connectivity index is 2.09. The number of ketones is 1. The molecule has 0 amide bonds. The normalized spacial score (nSPS) is 51.5. The Morgan fingerprint density at radius 2 is 2.31 bits per heavy atom. The Morgan fingerprint density at radius 1 is 1.46 bits per heavy atom. The lowest BCUT2D eigenvalue weighted by molar-refractivity contribution is -0.126. The average Bonchev–Trinajstić information content (AvgIpc) is 2.74. The Bertz CT molecular complexity index is 326. The van der Waals surface area contributed by atoms with E-state index in [-0.39, 0.29) is 5.41 Å². The van der Waals surface area contributed by atoms with E-state index in [0.717, 1.165) is 6.42 Å². The molecule has 0 N–H and O–H groups in total. The van der Waals surface area contributed by atoms with Crippen LogP contribution in [0.25, 0.3) is 0 Å². The van der Waals surface area contributed by atoms with Crippen molar-refractivity contribution < 1.29 is 4.79 Å².